The van der Waals surface area contributed by atoms with Crippen LogP contribution in [0.1, 0.15) is 32.0 Å². The van der Waals surface area contributed by atoms with E-state index >= 15 is 0 Å². The molecule has 3 rings (SSSR count). The van der Waals surface area contributed by atoms with Crippen molar-refractivity contribution < 1.29 is 22.6 Å². The van der Waals surface area contributed by atoms with Crippen LogP contribution in [0.4, 0.5) is 4.39 Å². The zero-order valence-corrected chi connectivity index (χ0v) is 10.5. The number of benzene rings is 1. The second-order valence-electron chi connectivity index (χ2n) is 4.11. The molecule has 1 unspecified atom stereocenters. The Hall–Kier alpha value is -2.08. The number of hydrogen-bond acceptors (Lipinski definition) is 4. The molecule has 1 aromatic heterocycles. The molecule has 6 heteroatoms. The summed E-state index contributed by atoms with van der Waals surface area (Å²) >= 11 is 0. The largest absolute Gasteiger partial charge is 0.443 e. The molecular formula is C13H7FO4S. The molecule has 4 nitrogen and oxygen atoms in total. The van der Waals surface area contributed by atoms with Crippen molar-refractivity contribution >= 4 is 22.4 Å². The summed E-state index contributed by atoms with van der Waals surface area (Å²) in [5.41, 5.74) is 0.183. The second-order valence-corrected chi connectivity index (χ2v) is 5.42. The minimum atomic E-state index is -1.44. The lowest BCUT2D eigenvalue weighted by molar-refractivity contribution is 0.0957. The van der Waals surface area contributed by atoms with Gasteiger partial charge < -0.3 is 4.42 Å². The number of carbonyl (C=O) groups excluding carboxylic acids is 2. The molecule has 0 radical (unpaired) electrons. The highest BCUT2D eigenvalue weighted by atomic mass is 32.2. The summed E-state index contributed by atoms with van der Waals surface area (Å²) in [6, 6.07) is 4.69. The molecule has 1 aliphatic rings. The van der Waals surface area contributed by atoms with Crippen molar-refractivity contribution in [1.29, 1.82) is 0 Å². The molecule has 1 aliphatic carbocycles. The molecule has 19 heavy (non-hydrogen) atoms. The van der Waals surface area contributed by atoms with E-state index in [-0.39, 0.29) is 27.5 Å². The fourth-order valence-corrected chi connectivity index (χ4v) is 2.50. The number of furan rings is 1. The van der Waals surface area contributed by atoms with E-state index in [9.17, 15) is 18.2 Å². The lowest BCUT2D eigenvalue weighted by Crippen LogP contribution is -2.19. The molecule has 0 fully saturated rings. The highest BCUT2D eigenvalue weighted by molar-refractivity contribution is 7.84. The second kappa shape index (κ2) is 3.96. The fourth-order valence-electron chi connectivity index (χ4n) is 2.02. The van der Waals surface area contributed by atoms with Crippen LogP contribution in [0.15, 0.2) is 33.8 Å². The van der Waals surface area contributed by atoms with Crippen molar-refractivity contribution in [2.45, 2.75) is 5.09 Å². The van der Waals surface area contributed by atoms with Crippen molar-refractivity contribution in [3.8, 4) is 0 Å². The first kappa shape index (κ1) is 12.0. The molecular weight excluding hydrogens is 271 g/mol. The summed E-state index contributed by atoms with van der Waals surface area (Å²) in [6.45, 7) is 0. The summed E-state index contributed by atoms with van der Waals surface area (Å²) in [5.74, 6) is -1.77. The molecule has 1 aromatic carbocycles. The first-order valence-corrected chi connectivity index (χ1v) is 6.91. The van der Waals surface area contributed by atoms with Gasteiger partial charge in [-0.2, -0.15) is 0 Å². The summed E-state index contributed by atoms with van der Waals surface area (Å²) in [4.78, 5) is 24.3. The third-order valence-corrected chi connectivity index (χ3v) is 3.68. The standard InChI is InChI=1S/C13H7FO4S/c1-19(17)10-5-9-11(15)7-3-2-6(14)4-8(7)12(16)13(9)18-10/h2-5H,1H3. The Kier molecular flexibility index (Phi) is 2.50. The molecule has 1 heterocycles. The summed E-state index contributed by atoms with van der Waals surface area (Å²) in [5, 5.41) is 0.0555. The number of fused-ring (bicyclic) bond motifs is 2. The topological polar surface area (TPSA) is 64.3 Å². The van der Waals surface area contributed by atoms with Gasteiger partial charge in [0.05, 0.1) is 16.4 Å². The summed E-state index contributed by atoms with van der Waals surface area (Å²) in [7, 11) is -1.44. The van der Waals surface area contributed by atoms with Gasteiger partial charge in [0.15, 0.2) is 16.6 Å². The quantitative estimate of drug-likeness (QED) is 0.682. The van der Waals surface area contributed by atoms with E-state index in [2.05, 4.69) is 0 Å². The van der Waals surface area contributed by atoms with Crippen molar-refractivity contribution in [3.05, 3.63) is 52.5 Å². The Balaban J connectivity index is 2.26. The molecule has 96 valence electrons. The molecule has 0 bridgehead atoms. The average molecular weight is 278 g/mol. The van der Waals surface area contributed by atoms with E-state index in [1.54, 1.807) is 0 Å². The van der Waals surface area contributed by atoms with Gasteiger partial charge in [-0.1, -0.05) is 0 Å². The number of carbonyl (C=O) groups is 2. The third kappa shape index (κ3) is 1.67. The van der Waals surface area contributed by atoms with Gasteiger partial charge in [-0.15, -0.1) is 0 Å². The van der Waals surface area contributed by atoms with Crippen LogP contribution in [0.5, 0.6) is 0 Å². The Morgan fingerprint density at radius 2 is 1.79 bits per heavy atom. The third-order valence-electron chi connectivity index (χ3n) is 2.91. The van der Waals surface area contributed by atoms with E-state index in [0.29, 0.717) is 0 Å². The monoisotopic (exact) mass is 278 g/mol. The van der Waals surface area contributed by atoms with E-state index in [1.807, 2.05) is 0 Å². The van der Waals surface area contributed by atoms with Crippen LogP contribution in [-0.2, 0) is 10.8 Å². The maximum atomic E-state index is 13.2. The van der Waals surface area contributed by atoms with E-state index in [0.717, 1.165) is 12.1 Å². The van der Waals surface area contributed by atoms with Gasteiger partial charge in [0.1, 0.15) is 5.82 Å². The van der Waals surface area contributed by atoms with Crippen LogP contribution in [0.25, 0.3) is 0 Å². The van der Waals surface area contributed by atoms with Gasteiger partial charge in [-0.05, 0) is 18.2 Å². The first-order valence-electron chi connectivity index (χ1n) is 5.35. The average Bonchev–Trinajstić information content (AvgIpc) is 2.81. The first-order chi connectivity index (χ1) is 8.99. The van der Waals surface area contributed by atoms with Crippen LogP contribution in [0.3, 0.4) is 0 Å². The minimum Gasteiger partial charge on any atom is -0.443 e. The molecule has 0 aliphatic heterocycles. The van der Waals surface area contributed by atoms with Gasteiger partial charge >= 0.3 is 0 Å². The van der Waals surface area contributed by atoms with E-state index in [1.165, 1.54) is 18.4 Å². The zero-order chi connectivity index (χ0) is 13.7. The van der Waals surface area contributed by atoms with Crippen LogP contribution >= 0.6 is 0 Å². The van der Waals surface area contributed by atoms with Crippen molar-refractivity contribution in [2.75, 3.05) is 6.26 Å². The number of rotatable bonds is 1. The van der Waals surface area contributed by atoms with Crippen LogP contribution < -0.4 is 0 Å². The van der Waals surface area contributed by atoms with Crippen molar-refractivity contribution in [2.24, 2.45) is 0 Å². The Labute approximate surface area is 109 Å². The molecule has 2 aromatic rings. The van der Waals surface area contributed by atoms with Crippen LogP contribution in [0, 0.1) is 5.82 Å². The number of ketones is 2. The maximum absolute atomic E-state index is 13.2. The normalized spacial score (nSPS) is 15.1. The molecule has 0 N–H and O–H groups in total. The fraction of sp³-hybridized carbons (Fsp3) is 0.0769. The Morgan fingerprint density at radius 3 is 2.47 bits per heavy atom. The van der Waals surface area contributed by atoms with E-state index < -0.39 is 28.2 Å². The smallest absolute Gasteiger partial charge is 0.229 e. The van der Waals surface area contributed by atoms with E-state index in [4.69, 9.17) is 4.42 Å². The van der Waals surface area contributed by atoms with Crippen molar-refractivity contribution in [3.63, 3.8) is 0 Å². The molecule has 0 saturated heterocycles. The molecule has 0 saturated carbocycles. The molecule has 0 amide bonds. The molecule has 0 spiro atoms. The molecule has 1 atom stereocenters. The highest BCUT2D eigenvalue weighted by Crippen LogP contribution is 2.30. The van der Waals surface area contributed by atoms with Crippen LogP contribution in [0.2, 0.25) is 0 Å². The highest BCUT2D eigenvalue weighted by Gasteiger charge is 2.34. The lowest BCUT2D eigenvalue weighted by Gasteiger charge is -2.12. The summed E-state index contributed by atoms with van der Waals surface area (Å²) in [6.07, 6.45) is 1.38. The lowest BCUT2D eigenvalue weighted by atomic mass is 9.88. The summed E-state index contributed by atoms with van der Waals surface area (Å²) < 4.78 is 29.7. The Morgan fingerprint density at radius 1 is 1.05 bits per heavy atom. The van der Waals surface area contributed by atoms with Gasteiger partial charge in [0.2, 0.25) is 5.78 Å². The predicted molar refractivity (Wildman–Crippen MR) is 64.3 cm³/mol. The van der Waals surface area contributed by atoms with Gasteiger partial charge in [-0.25, -0.2) is 4.39 Å². The van der Waals surface area contributed by atoms with Crippen LogP contribution in [-0.4, -0.2) is 22.0 Å². The Bertz CT molecular complexity index is 760. The SMILES string of the molecule is CS(=O)c1cc2c(o1)C(=O)c1cc(F)ccc1C2=O. The predicted octanol–water partition coefficient (Wildman–Crippen LogP) is 1.93. The van der Waals surface area contributed by atoms with Gasteiger partial charge in [0, 0.05) is 23.4 Å². The minimum absolute atomic E-state index is 0.0275. The zero-order valence-electron chi connectivity index (χ0n) is 9.73. The number of halogens is 1. The maximum Gasteiger partial charge on any atom is 0.229 e. The number of hydrogen-bond donors (Lipinski definition) is 0. The van der Waals surface area contributed by atoms with Gasteiger partial charge in [0.25, 0.3) is 0 Å². The van der Waals surface area contributed by atoms with Crippen molar-refractivity contribution in [1.82, 2.24) is 0 Å². The van der Waals surface area contributed by atoms with Gasteiger partial charge in [-0.3, -0.25) is 13.8 Å².